The number of halogens is 1. The van der Waals surface area contributed by atoms with Crippen LogP contribution in [0.4, 0.5) is 0 Å². The summed E-state index contributed by atoms with van der Waals surface area (Å²) in [4.78, 5) is 33.3. The summed E-state index contributed by atoms with van der Waals surface area (Å²) in [6.07, 6.45) is 6.03. The molecule has 0 bridgehead atoms. The summed E-state index contributed by atoms with van der Waals surface area (Å²) in [5, 5.41) is 2.76. The maximum Gasteiger partial charge on any atom is 0.273 e. The van der Waals surface area contributed by atoms with Crippen molar-refractivity contribution in [2.45, 2.75) is 31.7 Å². The molecule has 0 N–H and O–H groups in total. The molecular weight excluding hydrogens is 497 g/mol. The molecule has 5 nitrogen and oxygen atoms in total. The Morgan fingerprint density at radius 2 is 2.14 bits per heavy atom. The molecule has 1 aliphatic carbocycles. The predicted octanol–water partition coefficient (Wildman–Crippen LogP) is 4.34. The highest BCUT2D eigenvalue weighted by molar-refractivity contribution is 14.1. The fraction of sp³-hybridized carbons (Fsp3) is 0.409. The van der Waals surface area contributed by atoms with E-state index in [9.17, 15) is 9.59 Å². The van der Waals surface area contributed by atoms with E-state index in [4.69, 9.17) is 0 Å². The molecule has 0 saturated carbocycles. The van der Waals surface area contributed by atoms with Crippen LogP contribution in [0.5, 0.6) is 0 Å². The molecule has 29 heavy (non-hydrogen) atoms. The summed E-state index contributed by atoms with van der Waals surface area (Å²) in [5.41, 5.74) is 4.26. The predicted molar refractivity (Wildman–Crippen MR) is 124 cm³/mol. The molecule has 0 fully saturated rings. The Morgan fingerprint density at radius 1 is 1.31 bits per heavy atom. The van der Waals surface area contributed by atoms with Gasteiger partial charge in [0, 0.05) is 25.5 Å². The molecule has 2 aromatic rings. The first-order chi connectivity index (χ1) is 14.1. The number of benzene rings is 1. The monoisotopic (exact) mass is 521 g/mol. The van der Waals surface area contributed by atoms with Crippen LogP contribution in [0.15, 0.2) is 35.7 Å². The zero-order valence-corrected chi connectivity index (χ0v) is 19.4. The van der Waals surface area contributed by atoms with Crippen molar-refractivity contribution in [3.8, 4) is 0 Å². The van der Waals surface area contributed by atoms with E-state index < -0.39 is 0 Å². The minimum absolute atomic E-state index is 0.0210. The van der Waals surface area contributed by atoms with Crippen LogP contribution in [0.1, 0.15) is 51.9 Å². The standard InChI is InChI=1S/C22H24IN3O2S/c1-25(19-8-4-6-15-5-2-3-7-17(15)19)22(28)18-14-29-21(24-18)16-9-11-26(12-10-16)20(27)13-23/h2-3,5,7,9,14,19H,4,6,8,10-13H2,1H3. The quantitative estimate of drug-likeness (QED) is 0.445. The third-order valence-electron chi connectivity index (χ3n) is 5.80. The summed E-state index contributed by atoms with van der Waals surface area (Å²) in [7, 11) is 1.89. The Morgan fingerprint density at radius 3 is 2.90 bits per heavy atom. The van der Waals surface area contributed by atoms with Crippen molar-refractivity contribution in [1.82, 2.24) is 14.8 Å². The summed E-state index contributed by atoms with van der Waals surface area (Å²) < 4.78 is 0.507. The molecule has 1 atom stereocenters. The number of hydrogen-bond donors (Lipinski definition) is 0. The Balaban J connectivity index is 1.48. The first kappa shape index (κ1) is 20.5. The van der Waals surface area contributed by atoms with Crippen molar-refractivity contribution in [2.75, 3.05) is 24.6 Å². The highest BCUT2D eigenvalue weighted by Gasteiger charge is 2.28. The average Bonchev–Trinajstić information content (AvgIpc) is 3.27. The number of thiazole rings is 1. The number of alkyl halides is 1. The number of rotatable bonds is 4. The van der Waals surface area contributed by atoms with E-state index in [1.54, 1.807) is 0 Å². The van der Waals surface area contributed by atoms with E-state index in [0.717, 1.165) is 42.8 Å². The highest BCUT2D eigenvalue weighted by Crippen LogP contribution is 2.34. The lowest BCUT2D eigenvalue weighted by atomic mass is 9.87. The van der Waals surface area contributed by atoms with Gasteiger partial charge in [-0.1, -0.05) is 52.9 Å². The number of aromatic nitrogens is 1. The summed E-state index contributed by atoms with van der Waals surface area (Å²) in [6.45, 7) is 1.34. The van der Waals surface area contributed by atoms with Gasteiger partial charge in [0.1, 0.15) is 10.7 Å². The number of carbonyl (C=O) groups excluding carboxylic acids is 2. The smallest absolute Gasteiger partial charge is 0.273 e. The van der Waals surface area contributed by atoms with Crippen molar-refractivity contribution < 1.29 is 9.59 Å². The van der Waals surface area contributed by atoms with Gasteiger partial charge in [0.2, 0.25) is 5.91 Å². The van der Waals surface area contributed by atoms with Crippen LogP contribution in [0.2, 0.25) is 0 Å². The Bertz CT molecular complexity index is 955. The lowest BCUT2D eigenvalue weighted by Crippen LogP contribution is -2.35. The van der Waals surface area contributed by atoms with Crippen LogP contribution in [0.3, 0.4) is 0 Å². The summed E-state index contributed by atoms with van der Waals surface area (Å²) in [6, 6.07) is 8.55. The van der Waals surface area contributed by atoms with Crippen molar-refractivity contribution in [3.63, 3.8) is 0 Å². The van der Waals surface area contributed by atoms with Gasteiger partial charge in [0.15, 0.2) is 0 Å². The zero-order chi connectivity index (χ0) is 20.4. The molecule has 0 spiro atoms. The number of aryl methyl sites for hydroxylation is 1. The van der Waals surface area contributed by atoms with Gasteiger partial charge < -0.3 is 9.80 Å². The lowest BCUT2D eigenvalue weighted by molar-refractivity contribution is -0.127. The van der Waals surface area contributed by atoms with Crippen LogP contribution in [-0.2, 0) is 11.2 Å². The Kier molecular flexibility index (Phi) is 6.34. The van der Waals surface area contributed by atoms with Crippen molar-refractivity contribution >= 4 is 51.3 Å². The van der Waals surface area contributed by atoms with Crippen molar-refractivity contribution in [2.24, 2.45) is 0 Å². The molecule has 1 aromatic heterocycles. The van der Waals surface area contributed by atoms with E-state index >= 15 is 0 Å². The van der Waals surface area contributed by atoms with Crippen LogP contribution >= 0.6 is 33.9 Å². The molecule has 152 valence electrons. The van der Waals surface area contributed by atoms with Gasteiger partial charge in [-0.15, -0.1) is 11.3 Å². The maximum atomic E-state index is 13.1. The summed E-state index contributed by atoms with van der Waals surface area (Å²) >= 11 is 3.62. The van der Waals surface area contributed by atoms with E-state index in [2.05, 4.69) is 57.9 Å². The van der Waals surface area contributed by atoms with Crippen molar-refractivity contribution in [3.05, 3.63) is 57.6 Å². The molecule has 2 heterocycles. The van der Waals surface area contributed by atoms with Gasteiger partial charge >= 0.3 is 0 Å². The largest absolute Gasteiger partial charge is 0.338 e. The molecule has 0 saturated heterocycles. The molecule has 0 radical (unpaired) electrons. The fourth-order valence-electron chi connectivity index (χ4n) is 4.15. The zero-order valence-electron chi connectivity index (χ0n) is 16.4. The molecule has 7 heteroatoms. The normalized spacial score (nSPS) is 18.8. The Hall–Kier alpha value is -1.74. The molecule has 2 amide bonds. The number of amides is 2. The second-order valence-electron chi connectivity index (χ2n) is 7.51. The van der Waals surface area contributed by atoms with Crippen LogP contribution in [-0.4, -0.2) is 51.2 Å². The van der Waals surface area contributed by atoms with E-state index in [-0.39, 0.29) is 17.9 Å². The molecule has 1 aliphatic heterocycles. The maximum absolute atomic E-state index is 13.1. The van der Waals surface area contributed by atoms with Gasteiger partial charge in [0.05, 0.1) is 10.5 Å². The van der Waals surface area contributed by atoms with Crippen LogP contribution in [0.25, 0.3) is 5.57 Å². The van der Waals surface area contributed by atoms with Crippen molar-refractivity contribution in [1.29, 1.82) is 0 Å². The first-order valence-electron chi connectivity index (χ1n) is 9.92. The molecule has 1 aromatic carbocycles. The van der Waals surface area contributed by atoms with E-state index in [1.807, 2.05) is 22.2 Å². The lowest BCUT2D eigenvalue weighted by Gasteiger charge is -2.33. The second-order valence-corrected chi connectivity index (χ2v) is 9.13. The first-order valence-corrected chi connectivity index (χ1v) is 12.3. The Labute approximate surface area is 188 Å². The number of nitrogens with zero attached hydrogens (tertiary/aromatic N) is 3. The average molecular weight is 521 g/mol. The third kappa shape index (κ3) is 4.26. The summed E-state index contributed by atoms with van der Waals surface area (Å²) in [5.74, 6) is 0.151. The van der Waals surface area contributed by atoms with Gasteiger partial charge in [-0.3, -0.25) is 9.59 Å². The van der Waals surface area contributed by atoms with E-state index in [1.165, 1.54) is 22.5 Å². The van der Waals surface area contributed by atoms with Gasteiger partial charge in [-0.05, 0) is 42.4 Å². The molecule has 1 unspecified atom stereocenters. The minimum atomic E-state index is -0.0210. The highest BCUT2D eigenvalue weighted by atomic mass is 127. The fourth-order valence-corrected chi connectivity index (χ4v) is 5.49. The molecule has 4 rings (SSSR count). The van der Waals surface area contributed by atoms with Gasteiger partial charge in [0.25, 0.3) is 5.91 Å². The minimum Gasteiger partial charge on any atom is -0.338 e. The van der Waals surface area contributed by atoms with Gasteiger partial charge in [-0.2, -0.15) is 0 Å². The van der Waals surface area contributed by atoms with Crippen LogP contribution in [0, 0.1) is 0 Å². The van der Waals surface area contributed by atoms with Gasteiger partial charge in [-0.25, -0.2) is 4.98 Å². The van der Waals surface area contributed by atoms with Crippen LogP contribution < -0.4 is 0 Å². The molecular formula is C22H24IN3O2S. The number of fused-ring (bicyclic) bond motifs is 1. The number of hydrogen-bond acceptors (Lipinski definition) is 4. The second kappa shape index (κ2) is 8.95. The number of carbonyl (C=O) groups is 2. The van der Waals surface area contributed by atoms with E-state index in [0.29, 0.717) is 16.7 Å². The SMILES string of the molecule is CN(C(=O)c1csc(C2=CCN(C(=O)CI)CC2)n1)C1CCCc2ccccc21. The third-order valence-corrected chi connectivity index (χ3v) is 7.37. The molecule has 2 aliphatic rings. The topological polar surface area (TPSA) is 53.5 Å².